The highest BCUT2D eigenvalue weighted by molar-refractivity contribution is 14.1. The van der Waals surface area contributed by atoms with Crippen LogP contribution in [0.5, 0.6) is 0 Å². The molecule has 2 saturated heterocycles. The lowest BCUT2D eigenvalue weighted by atomic mass is 10.1. The second kappa shape index (κ2) is 9.20. The molecule has 7 nitrogen and oxygen atoms in total. The van der Waals surface area contributed by atoms with Crippen LogP contribution < -0.4 is 0 Å². The number of hydrogen-bond donors (Lipinski definition) is 0. The van der Waals surface area contributed by atoms with Crippen LogP contribution in [0.3, 0.4) is 0 Å². The number of hydrogen-bond acceptors (Lipinski definition) is 8. The molecule has 2 aliphatic rings. The summed E-state index contributed by atoms with van der Waals surface area (Å²) in [5, 5.41) is -0.348. The number of esters is 1. The molecule has 144 valence electrons. The standard InChI is InChI=1S/C16H25IO7S/c1-5-6-7-25-15(19)21-10(8-17)11-12(20-9(2)18)13-14(22-11)24-16(3,4)23-13/h10-14H,5-8H2,1-4H3/t10-,11-,12+,13-,14-/m1/s1. The van der Waals surface area contributed by atoms with Crippen LogP contribution in [-0.4, -0.2) is 57.9 Å². The second-order valence-electron chi connectivity index (χ2n) is 6.41. The van der Waals surface area contributed by atoms with Gasteiger partial charge < -0.3 is 23.7 Å². The molecule has 9 heteroatoms. The average molecular weight is 488 g/mol. The van der Waals surface area contributed by atoms with Crippen LogP contribution in [0.2, 0.25) is 0 Å². The van der Waals surface area contributed by atoms with E-state index in [0.29, 0.717) is 10.2 Å². The molecule has 0 aliphatic carbocycles. The van der Waals surface area contributed by atoms with E-state index in [9.17, 15) is 9.59 Å². The van der Waals surface area contributed by atoms with Gasteiger partial charge in [0.05, 0.1) is 0 Å². The Morgan fingerprint density at radius 1 is 1.32 bits per heavy atom. The molecule has 2 heterocycles. The van der Waals surface area contributed by atoms with Crippen molar-refractivity contribution in [3.05, 3.63) is 0 Å². The van der Waals surface area contributed by atoms with Gasteiger partial charge in [-0.25, -0.2) is 4.79 Å². The lowest BCUT2D eigenvalue weighted by Crippen LogP contribution is -2.45. The van der Waals surface area contributed by atoms with E-state index in [1.165, 1.54) is 6.92 Å². The molecule has 0 bridgehead atoms. The van der Waals surface area contributed by atoms with Crippen molar-refractivity contribution in [3.8, 4) is 0 Å². The van der Waals surface area contributed by atoms with E-state index in [1.807, 2.05) is 0 Å². The highest BCUT2D eigenvalue weighted by Gasteiger charge is 2.58. The lowest BCUT2D eigenvalue weighted by molar-refractivity contribution is -0.227. The number of halogens is 1. The number of carbonyl (C=O) groups excluding carboxylic acids is 2. The fraction of sp³-hybridized carbons (Fsp3) is 0.875. The summed E-state index contributed by atoms with van der Waals surface area (Å²) in [6.07, 6.45) is -1.08. The van der Waals surface area contributed by atoms with Gasteiger partial charge in [0.2, 0.25) is 0 Å². The quantitative estimate of drug-likeness (QED) is 0.234. The van der Waals surface area contributed by atoms with Crippen LogP contribution in [0.4, 0.5) is 4.79 Å². The monoisotopic (exact) mass is 488 g/mol. The molecule has 0 saturated carbocycles. The number of fused-ring (bicyclic) bond motifs is 1. The van der Waals surface area contributed by atoms with E-state index in [1.54, 1.807) is 13.8 Å². The molecule has 2 rings (SSSR count). The van der Waals surface area contributed by atoms with Gasteiger partial charge in [0.25, 0.3) is 0 Å². The first-order chi connectivity index (χ1) is 11.8. The van der Waals surface area contributed by atoms with E-state index < -0.39 is 42.5 Å². The minimum absolute atomic E-state index is 0.348. The summed E-state index contributed by atoms with van der Waals surface area (Å²) in [6.45, 7) is 6.94. The number of unbranched alkanes of at least 4 members (excludes halogenated alkanes) is 1. The number of carbonyl (C=O) groups is 2. The van der Waals surface area contributed by atoms with Gasteiger partial charge in [0.15, 0.2) is 24.3 Å². The maximum atomic E-state index is 12.0. The molecule has 0 spiro atoms. The highest BCUT2D eigenvalue weighted by Crippen LogP contribution is 2.40. The summed E-state index contributed by atoms with van der Waals surface area (Å²) in [4.78, 5) is 23.5. The van der Waals surface area contributed by atoms with E-state index >= 15 is 0 Å². The summed E-state index contributed by atoms with van der Waals surface area (Å²) in [6, 6.07) is 0. The minimum atomic E-state index is -0.814. The molecule has 2 aliphatic heterocycles. The van der Waals surface area contributed by atoms with Gasteiger partial charge in [0.1, 0.15) is 12.2 Å². The zero-order valence-corrected chi connectivity index (χ0v) is 17.8. The molecular formula is C16H25IO7S. The lowest BCUT2D eigenvalue weighted by Gasteiger charge is -2.29. The van der Waals surface area contributed by atoms with Crippen LogP contribution in [0.25, 0.3) is 0 Å². The van der Waals surface area contributed by atoms with Crippen LogP contribution in [0.15, 0.2) is 0 Å². The average Bonchev–Trinajstić information content (AvgIpc) is 2.98. The van der Waals surface area contributed by atoms with Gasteiger partial charge in [-0.1, -0.05) is 35.9 Å². The number of alkyl halides is 1. The smallest absolute Gasteiger partial charge is 0.367 e. The second-order valence-corrected chi connectivity index (χ2v) is 8.32. The summed E-state index contributed by atoms with van der Waals surface area (Å²) in [5.41, 5.74) is 0. The van der Waals surface area contributed by atoms with Gasteiger partial charge in [-0.05, 0) is 32.0 Å². The predicted molar refractivity (Wildman–Crippen MR) is 101 cm³/mol. The predicted octanol–water partition coefficient (Wildman–Crippen LogP) is 3.27. The number of ether oxygens (including phenoxy) is 5. The first-order valence-corrected chi connectivity index (χ1v) is 10.9. The minimum Gasteiger partial charge on any atom is -0.457 e. The summed E-state index contributed by atoms with van der Waals surface area (Å²) in [5.74, 6) is -0.539. The fourth-order valence-corrected chi connectivity index (χ4v) is 4.25. The third kappa shape index (κ3) is 5.69. The maximum Gasteiger partial charge on any atom is 0.367 e. The molecule has 0 N–H and O–H groups in total. The summed E-state index contributed by atoms with van der Waals surface area (Å²) < 4.78 is 28.9. The van der Waals surface area contributed by atoms with E-state index in [4.69, 9.17) is 23.7 Å². The third-order valence-corrected chi connectivity index (χ3v) is 5.51. The molecular weight excluding hydrogens is 463 g/mol. The Bertz CT molecular complexity index is 487. The SMILES string of the molecule is CCCCSC(=O)O[C@H](CI)[C@H]1O[C@@H]2OC(C)(C)O[C@@H]2[C@H]1OC(C)=O. The number of thioether (sulfide) groups is 1. The highest BCUT2D eigenvalue weighted by atomic mass is 127. The Hall–Kier alpha value is -0.100. The Balaban J connectivity index is 2.04. The van der Waals surface area contributed by atoms with E-state index in [2.05, 4.69) is 29.5 Å². The molecule has 0 aromatic carbocycles. The Kier molecular flexibility index (Phi) is 7.81. The number of rotatable bonds is 7. The zero-order valence-electron chi connectivity index (χ0n) is 14.9. The topological polar surface area (TPSA) is 80.3 Å². The van der Waals surface area contributed by atoms with Crippen molar-refractivity contribution in [3.63, 3.8) is 0 Å². The van der Waals surface area contributed by atoms with Crippen LogP contribution in [-0.2, 0) is 28.5 Å². The Morgan fingerprint density at radius 2 is 2.04 bits per heavy atom. The largest absolute Gasteiger partial charge is 0.457 e. The Morgan fingerprint density at radius 3 is 2.64 bits per heavy atom. The molecule has 5 atom stereocenters. The van der Waals surface area contributed by atoms with Crippen molar-refractivity contribution in [2.45, 2.75) is 77.0 Å². The summed E-state index contributed by atoms with van der Waals surface area (Å²) in [7, 11) is 0. The Labute approximate surface area is 165 Å². The molecule has 0 amide bonds. The van der Waals surface area contributed by atoms with Crippen LogP contribution in [0, 0.1) is 0 Å². The van der Waals surface area contributed by atoms with Gasteiger partial charge in [-0.3, -0.25) is 4.79 Å². The van der Waals surface area contributed by atoms with Crippen LogP contribution in [0.1, 0.15) is 40.5 Å². The molecule has 0 unspecified atom stereocenters. The first-order valence-electron chi connectivity index (χ1n) is 8.35. The third-order valence-electron chi connectivity index (χ3n) is 3.81. The molecule has 0 aromatic rings. The molecule has 25 heavy (non-hydrogen) atoms. The normalized spacial score (nSPS) is 31.4. The van der Waals surface area contributed by atoms with Crippen molar-refractivity contribution in [1.29, 1.82) is 0 Å². The van der Waals surface area contributed by atoms with Gasteiger partial charge >= 0.3 is 11.3 Å². The van der Waals surface area contributed by atoms with Gasteiger partial charge in [0, 0.05) is 17.1 Å². The van der Waals surface area contributed by atoms with Crippen molar-refractivity contribution in [2.75, 3.05) is 10.2 Å². The zero-order chi connectivity index (χ0) is 18.6. The fourth-order valence-electron chi connectivity index (χ4n) is 2.77. The van der Waals surface area contributed by atoms with E-state index in [0.717, 1.165) is 24.6 Å². The van der Waals surface area contributed by atoms with Gasteiger partial charge in [-0.15, -0.1) is 0 Å². The van der Waals surface area contributed by atoms with Crippen molar-refractivity contribution < 1.29 is 33.3 Å². The van der Waals surface area contributed by atoms with Gasteiger partial charge in [-0.2, -0.15) is 0 Å². The maximum absolute atomic E-state index is 12.0. The first kappa shape index (κ1) is 21.2. The molecule has 2 fully saturated rings. The van der Waals surface area contributed by atoms with Crippen LogP contribution >= 0.6 is 34.4 Å². The van der Waals surface area contributed by atoms with Crippen molar-refractivity contribution in [1.82, 2.24) is 0 Å². The van der Waals surface area contributed by atoms with Crippen molar-refractivity contribution in [2.24, 2.45) is 0 Å². The molecule has 0 radical (unpaired) electrons. The van der Waals surface area contributed by atoms with E-state index in [-0.39, 0.29) is 5.30 Å². The molecule has 0 aromatic heterocycles. The van der Waals surface area contributed by atoms with Crippen molar-refractivity contribution >= 4 is 45.6 Å². The summed E-state index contributed by atoms with van der Waals surface area (Å²) >= 11 is 3.27.